The molecule has 4 aromatic rings. The highest BCUT2D eigenvalue weighted by molar-refractivity contribution is 7.80. The second kappa shape index (κ2) is 16.1. The molecule has 3 N–H and O–H groups in total. The topological polar surface area (TPSA) is 101 Å². The zero-order valence-corrected chi connectivity index (χ0v) is 27.9. The first kappa shape index (κ1) is 34.2. The summed E-state index contributed by atoms with van der Waals surface area (Å²) in [6.45, 7) is 0.614. The summed E-state index contributed by atoms with van der Waals surface area (Å²) in [5, 5.41) is 9.18. The molecule has 0 aliphatic heterocycles. The van der Waals surface area contributed by atoms with Gasteiger partial charge in [-0.05, 0) is 90.1 Å². The maximum absolute atomic E-state index is 13.8. The van der Waals surface area contributed by atoms with Crippen LogP contribution in [0.1, 0.15) is 36.3 Å². The van der Waals surface area contributed by atoms with Crippen molar-refractivity contribution >= 4 is 40.7 Å². The van der Waals surface area contributed by atoms with E-state index in [4.69, 9.17) is 26.4 Å². The molecule has 1 atom stereocenters. The number of unbranched alkanes of at least 4 members (excludes halogenated alkanes) is 1. The van der Waals surface area contributed by atoms with Crippen molar-refractivity contribution in [2.75, 3.05) is 44.6 Å². The van der Waals surface area contributed by atoms with Crippen LogP contribution < -0.4 is 30.3 Å². The number of methoxy groups -OCH3 is 2. The number of likely N-dealkylation sites (N-methyl/N-ethyl adjacent to an activating group) is 1. The van der Waals surface area contributed by atoms with Crippen molar-refractivity contribution in [2.24, 2.45) is 0 Å². The van der Waals surface area contributed by atoms with Crippen LogP contribution in [0.4, 0.5) is 20.6 Å². The average Bonchev–Trinajstić information content (AvgIpc) is 3.43. The standard InChI is InChI=1S/C37H39FN4O5S/c1-42(26-19-20-33(45-2)34(22-26)46-3)35(43)32(41-36(48)40-25-17-15-24(38)16-18-25)14-8-9-21-39-37(44)47-23-31-29-12-6-4-10-27(29)28-11-5-7-13-30(28)31/h4-7,10-13,15-20,22,31-32H,8-9,14,21,23H2,1-3H3,(H,39,44)(H2,40,41,48)/t32-/m0/s1. The number of carbonyl (C=O) groups is 2. The molecule has 0 spiro atoms. The third-order valence-corrected chi connectivity index (χ3v) is 8.54. The first-order chi connectivity index (χ1) is 23.3. The Balaban J connectivity index is 1.15. The highest BCUT2D eigenvalue weighted by Gasteiger charge is 2.29. The van der Waals surface area contributed by atoms with Crippen LogP contribution in [0.3, 0.4) is 0 Å². The maximum atomic E-state index is 13.8. The van der Waals surface area contributed by atoms with E-state index >= 15 is 0 Å². The second-order valence-corrected chi connectivity index (χ2v) is 11.8. The van der Waals surface area contributed by atoms with E-state index in [9.17, 15) is 14.0 Å². The molecule has 0 aromatic heterocycles. The van der Waals surface area contributed by atoms with Gasteiger partial charge in [0.25, 0.3) is 0 Å². The number of alkyl carbamates (subject to hydrolysis) is 1. The van der Waals surface area contributed by atoms with Crippen LogP contribution in [0.2, 0.25) is 0 Å². The zero-order chi connectivity index (χ0) is 34.0. The van der Waals surface area contributed by atoms with Crippen LogP contribution in [-0.2, 0) is 9.53 Å². The molecule has 0 bridgehead atoms. The molecule has 0 radical (unpaired) electrons. The average molecular weight is 671 g/mol. The number of nitrogens with zero attached hydrogens (tertiary/aromatic N) is 1. The number of amides is 2. The summed E-state index contributed by atoms with van der Waals surface area (Å²) in [5.74, 6) is 0.430. The van der Waals surface area contributed by atoms with Crippen LogP contribution in [0.5, 0.6) is 11.5 Å². The van der Waals surface area contributed by atoms with Crippen molar-refractivity contribution < 1.29 is 28.2 Å². The number of thiocarbonyl (C=S) groups is 1. The van der Waals surface area contributed by atoms with E-state index in [2.05, 4.69) is 40.2 Å². The van der Waals surface area contributed by atoms with Crippen LogP contribution in [0.25, 0.3) is 11.1 Å². The van der Waals surface area contributed by atoms with E-state index in [1.807, 2.05) is 24.3 Å². The molecule has 0 saturated heterocycles. The lowest BCUT2D eigenvalue weighted by molar-refractivity contribution is -0.120. The number of halogens is 1. The first-order valence-electron chi connectivity index (χ1n) is 15.7. The SMILES string of the molecule is COc1ccc(N(C)C(=O)[C@H](CCCCNC(=O)OCC2c3ccccc3-c3ccccc32)NC(=S)Nc2ccc(F)cc2)cc1OC. The lowest BCUT2D eigenvalue weighted by Gasteiger charge is -2.26. The quantitative estimate of drug-likeness (QED) is 0.105. The Bertz CT molecular complexity index is 1710. The number of nitrogens with one attached hydrogen (secondary N) is 3. The Kier molecular flexibility index (Phi) is 11.5. The maximum Gasteiger partial charge on any atom is 0.407 e. The van der Waals surface area contributed by atoms with Crippen LogP contribution >= 0.6 is 12.2 Å². The summed E-state index contributed by atoms with van der Waals surface area (Å²) in [4.78, 5) is 27.9. The van der Waals surface area contributed by atoms with Gasteiger partial charge in [0, 0.05) is 37.0 Å². The third-order valence-electron chi connectivity index (χ3n) is 8.32. The number of ether oxygens (including phenoxy) is 3. The van der Waals surface area contributed by atoms with Gasteiger partial charge in [0.1, 0.15) is 18.5 Å². The van der Waals surface area contributed by atoms with E-state index in [0.29, 0.717) is 48.7 Å². The minimum atomic E-state index is -0.696. The number of hydrogen-bond donors (Lipinski definition) is 3. The van der Waals surface area contributed by atoms with E-state index in [1.54, 1.807) is 44.5 Å². The summed E-state index contributed by atoms with van der Waals surface area (Å²) in [7, 11) is 4.75. The Morgan fingerprint density at radius 2 is 1.52 bits per heavy atom. The van der Waals surface area contributed by atoms with E-state index in [-0.39, 0.29) is 29.4 Å². The summed E-state index contributed by atoms with van der Waals surface area (Å²) < 4.78 is 29.8. The van der Waals surface area contributed by atoms with E-state index < -0.39 is 12.1 Å². The number of fused-ring (bicyclic) bond motifs is 3. The largest absolute Gasteiger partial charge is 0.493 e. The van der Waals surface area contributed by atoms with Crippen molar-refractivity contribution in [3.05, 3.63) is 108 Å². The fourth-order valence-electron chi connectivity index (χ4n) is 5.82. The lowest BCUT2D eigenvalue weighted by atomic mass is 9.98. The zero-order valence-electron chi connectivity index (χ0n) is 27.1. The van der Waals surface area contributed by atoms with Crippen molar-refractivity contribution in [3.63, 3.8) is 0 Å². The van der Waals surface area contributed by atoms with Crippen molar-refractivity contribution in [2.45, 2.75) is 31.2 Å². The van der Waals surface area contributed by atoms with Crippen LogP contribution in [0.15, 0.2) is 91.0 Å². The van der Waals surface area contributed by atoms with Gasteiger partial charge in [-0.1, -0.05) is 48.5 Å². The number of anilines is 2. The summed E-state index contributed by atoms with van der Waals surface area (Å²) in [6.07, 6.45) is 1.15. The van der Waals surface area contributed by atoms with Gasteiger partial charge in [-0.15, -0.1) is 0 Å². The van der Waals surface area contributed by atoms with Crippen molar-refractivity contribution in [1.29, 1.82) is 0 Å². The fourth-order valence-corrected chi connectivity index (χ4v) is 6.08. The predicted molar refractivity (Wildman–Crippen MR) is 189 cm³/mol. The van der Waals surface area contributed by atoms with Crippen LogP contribution in [0, 0.1) is 5.82 Å². The first-order valence-corrected chi connectivity index (χ1v) is 16.1. The lowest BCUT2D eigenvalue weighted by Crippen LogP contribution is -2.48. The third kappa shape index (κ3) is 8.21. The predicted octanol–water partition coefficient (Wildman–Crippen LogP) is 6.87. The van der Waals surface area contributed by atoms with Gasteiger partial charge in [-0.25, -0.2) is 9.18 Å². The Morgan fingerprint density at radius 1 is 0.875 bits per heavy atom. The molecule has 0 saturated carbocycles. The van der Waals surface area contributed by atoms with Gasteiger partial charge in [0.15, 0.2) is 16.6 Å². The normalized spacial score (nSPS) is 12.2. The van der Waals surface area contributed by atoms with Gasteiger partial charge in [0.05, 0.1) is 14.2 Å². The van der Waals surface area contributed by atoms with E-state index in [0.717, 1.165) is 11.1 Å². The molecule has 250 valence electrons. The molecule has 4 aromatic carbocycles. The highest BCUT2D eigenvalue weighted by Crippen LogP contribution is 2.44. The minimum absolute atomic E-state index is 0.0176. The number of benzene rings is 4. The van der Waals surface area contributed by atoms with Crippen molar-refractivity contribution in [1.82, 2.24) is 10.6 Å². The van der Waals surface area contributed by atoms with E-state index in [1.165, 1.54) is 35.3 Å². The fraction of sp³-hybridized carbons (Fsp3) is 0.270. The number of hydrogen-bond acceptors (Lipinski definition) is 6. The Labute approximate surface area is 285 Å². The van der Waals surface area contributed by atoms with Gasteiger partial charge in [0.2, 0.25) is 5.91 Å². The molecular weight excluding hydrogens is 631 g/mol. The summed E-state index contributed by atoms with van der Waals surface area (Å²) >= 11 is 5.50. The molecule has 2 amide bonds. The highest BCUT2D eigenvalue weighted by atomic mass is 32.1. The monoisotopic (exact) mass is 670 g/mol. The Morgan fingerprint density at radius 3 is 2.17 bits per heavy atom. The molecular formula is C37H39FN4O5S. The van der Waals surface area contributed by atoms with Gasteiger partial charge < -0.3 is 35.1 Å². The van der Waals surface area contributed by atoms with Crippen LogP contribution in [-0.4, -0.2) is 57.6 Å². The summed E-state index contributed by atoms with van der Waals surface area (Å²) in [5.41, 5.74) is 5.84. The molecule has 48 heavy (non-hydrogen) atoms. The second-order valence-electron chi connectivity index (χ2n) is 11.3. The molecule has 1 aliphatic rings. The molecule has 0 heterocycles. The van der Waals surface area contributed by atoms with Crippen molar-refractivity contribution in [3.8, 4) is 22.6 Å². The van der Waals surface area contributed by atoms with Gasteiger partial charge in [-0.3, -0.25) is 4.79 Å². The summed E-state index contributed by atoms with van der Waals surface area (Å²) in [6, 6.07) is 26.7. The number of rotatable bonds is 13. The number of carbonyl (C=O) groups excluding carboxylic acids is 2. The van der Waals surface area contributed by atoms with Gasteiger partial charge >= 0.3 is 6.09 Å². The molecule has 1 aliphatic carbocycles. The Hall–Kier alpha value is -5.16. The van der Waals surface area contributed by atoms with Gasteiger partial charge in [-0.2, -0.15) is 0 Å². The molecule has 5 rings (SSSR count). The molecule has 0 unspecified atom stereocenters. The molecule has 9 nitrogen and oxygen atoms in total. The molecule has 11 heteroatoms. The minimum Gasteiger partial charge on any atom is -0.493 e. The smallest absolute Gasteiger partial charge is 0.407 e. The molecule has 0 fully saturated rings.